The van der Waals surface area contributed by atoms with Crippen LogP contribution in [-0.2, 0) is 6.18 Å². The van der Waals surface area contributed by atoms with E-state index >= 15 is 0 Å². The highest BCUT2D eigenvalue weighted by Crippen LogP contribution is 2.29. The molecule has 0 spiro atoms. The minimum Gasteiger partial charge on any atom is -0.298 e. The van der Waals surface area contributed by atoms with Crippen molar-refractivity contribution in [2.45, 2.75) is 19.1 Å². The van der Waals surface area contributed by atoms with Crippen molar-refractivity contribution in [2.24, 2.45) is 0 Å². The molecule has 0 aliphatic rings. The largest absolute Gasteiger partial charge is 0.416 e. The maximum Gasteiger partial charge on any atom is 0.416 e. The fraction of sp³-hybridized carbons (Fsp3) is 0.364. The van der Waals surface area contributed by atoms with Crippen LogP contribution in [0.25, 0.3) is 0 Å². The number of rotatable bonds is 3. The summed E-state index contributed by atoms with van der Waals surface area (Å²) in [4.78, 5) is 0. The molecule has 5 heteroatoms. The molecule has 0 aliphatic carbocycles. The molecule has 2 nitrogen and oxygen atoms in total. The maximum absolute atomic E-state index is 12.3. The molecule has 0 heterocycles. The summed E-state index contributed by atoms with van der Waals surface area (Å²) in [6.45, 7) is 1.96. The van der Waals surface area contributed by atoms with Crippen molar-refractivity contribution in [2.75, 3.05) is 6.54 Å². The third kappa shape index (κ3) is 3.24. The van der Waals surface area contributed by atoms with Crippen LogP contribution in [0.15, 0.2) is 24.3 Å². The Kier molecular flexibility index (Phi) is 3.91. The fourth-order valence-electron chi connectivity index (χ4n) is 1.28. The average molecular weight is 228 g/mol. The molecule has 16 heavy (non-hydrogen) atoms. The van der Waals surface area contributed by atoms with Crippen molar-refractivity contribution in [1.29, 1.82) is 5.26 Å². The Hall–Kier alpha value is -1.54. The van der Waals surface area contributed by atoms with E-state index in [1.54, 1.807) is 6.92 Å². The molecule has 0 saturated heterocycles. The van der Waals surface area contributed by atoms with Crippen LogP contribution in [0.4, 0.5) is 13.2 Å². The van der Waals surface area contributed by atoms with Gasteiger partial charge in [-0.25, -0.2) is 0 Å². The highest BCUT2D eigenvalue weighted by molar-refractivity contribution is 5.26. The number of halogens is 3. The van der Waals surface area contributed by atoms with E-state index < -0.39 is 11.7 Å². The number of alkyl halides is 3. The summed E-state index contributed by atoms with van der Waals surface area (Å²) >= 11 is 0. The molecule has 0 aromatic heterocycles. The predicted octanol–water partition coefficient (Wildman–Crippen LogP) is 2.88. The van der Waals surface area contributed by atoms with Gasteiger partial charge >= 0.3 is 6.18 Å². The van der Waals surface area contributed by atoms with Gasteiger partial charge < -0.3 is 0 Å². The normalized spacial score (nSPS) is 13.2. The minimum absolute atomic E-state index is 0.137. The summed E-state index contributed by atoms with van der Waals surface area (Å²) in [6.07, 6.45) is -4.30. The number of nitrogens with zero attached hydrogens (tertiary/aromatic N) is 1. The maximum atomic E-state index is 12.3. The summed E-state index contributed by atoms with van der Waals surface area (Å²) < 4.78 is 36.8. The summed E-state index contributed by atoms with van der Waals surface area (Å²) in [5.74, 6) is 0. The van der Waals surface area contributed by atoms with Crippen LogP contribution >= 0.6 is 0 Å². The first-order chi connectivity index (χ1) is 7.45. The SMILES string of the molecule is C[C@H](NCC#N)c1ccc(C(F)(F)F)cc1. The third-order valence-electron chi connectivity index (χ3n) is 2.23. The van der Waals surface area contributed by atoms with Crippen LogP contribution in [0.2, 0.25) is 0 Å². The van der Waals surface area contributed by atoms with Crippen LogP contribution in [0, 0.1) is 11.3 Å². The molecule has 1 aromatic rings. The number of benzene rings is 1. The predicted molar refractivity (Wildman–Crippen MR) is 53.5 cm³/mol. The number of hydrogen-bond acceptors (Lipinski definition) is 2. The van der Waals surface area contributed by atoms with Crippen molar-refractivity contribution in [1.82, 2.24) is 5.32 Å². The van der Waals surface area contributed by atoms with Gasteiger partial charge in [0.05, 0.1) is 18.2 Å². The van der Waals surface area contributed by atoms with Crippen LogP contribution in [0.5, 0.6) is 0 Å². The van der Waals surface area contributed by atoms with E-state index in [1.807, 2.05) is 6.07 Å². The van der Waals surface area contributed by atoms with Crippen molar-refractivity contribution >= 4 is 0 Å². The lowest BCUT2D eigenvalue weighted by molar-refractivity contribution is -0.137. The average Bonchev–Trinajstić information content (AvgIpc) is 2.25. The van der Waals surface area contributed by atoms with E-state index in [9.17, 15) is 13.2 Å². The van der Waals surface area contributed by atoms with E-state index in [0.717, 1.165) is 17.7 Å². The van der Waals surface area contributed by atoms with Crippen LogP contribution in [0.3, 0.4) is 0 Å². The van der Waals surface area contributed by atoms with E-state index in [-0.39, 0.29) is 12.6 Å². The zero-order valence-corrected chi connectivity index (χ0v) is 8.67. The molecule has 1 atom stereocenters. The fourth-order valence-corrected chi connectivity index (χ4v) is 1.28. The highest BCUT2D eigenvalue weighted by atomic mass is 19.4. The van der Waals surface area contributed by atoms with E-state index in [4.69, 9.17) is 5.26 Å². The van der Waals surface area contributed by atoms with Gasteiger partial charge in [0.1, 0.15) is 0 Å². The van der Waals surface area contributed by atoms with Gasteiger partial charge in [-0.2, -0.15) is 18.4 Å². The minimum atomic E-state index is -4.30. The zero-order chi connectivity index (χ0) is 12.2. The van der Waals surface area contributed by atoms with Gasteiger partial charge in [-0.15, -0.1) is 0 Å². The van der Waals surface area contributed by atoms with Gasteiger partial charge in [-0.05, 0) is 24.6 Å². The second-order valence-corrected chi connectivity index (χ2v) is 3.38. The van der Waals surface area contributed by atoms with Gasteiger partial charge in [0.25, 0.3) is 0 Å². The van der Waals surface area contributed by atoms with E-state index in [1.165, 1.54) is 12.1 Å². The molecular formula is C11H11F3N2. The first kappa shape index (κ1) is 12.5. The molecule has 0 unspecified atom stereocenters. The molecule has 0 saturated carbocycles. The number of nitrogens with one attached hydrogen (secondary N) is 1. The smallest absolute Gasteiger partial charge is 0.298 e. The molecule has 0 amide bonds. The summed E-state index contributed by atoms with van der Waals surface area (Å²) in [7, 11) is 0. The molecule has 86 valence electrons. The third-order valence-corrected chi connectivity index (χ3v) is 2.23. The molecule has 0 aliphatic heterocycles. The molecule has 0 bridgehead atoms. The Morgan fingerprint density at radius 3 is 2.31 bits per heavy atom. The van der Waals surface area contributed by atoms with Gasteiger partial charge in [-0.3, -0.25) is 5.32 Å². The van der Waals surface area contributed by atoms with Crippen molar-refractivity contribution < 1.29 is 13.2 Å². The Morgan fingerprint density at radius 1 is 1.31 bits per heavy atom. The molecule has 0 radical (unpaired) electrons. The summed E-state index contributed by atoms with van der Waals surface area (Å²) in [6, 6.07) is 6.69. The molecular weight excluding hydrogens is 217 g/mol. The molecule has 1 aromatic carbocycles. The van der Waals surface area contributed by atoms with Gasteiger partial charge in [-0.1, -0.05) is 12.1 Å². The van der Waals surface area contributed by atoms with Crippen molar-refractivity contribution in [3.8, 4) is 6.07 Å². The Balaban J connectivity index is 2.76. The molecule has 1 N–H and O–H groups in total. The lowest BCUT2D eigenvalue weighted by atomic mass is 10.1. The Labute approximate surface area is 91.7 Å². The summed E-state index contributed by atoms with van der Waals surface area (Å²) in [5, 5.41) is 11.2. The topological polar surface area (TPSA) is 35.8 Å². The second-order valence-electron chi connectivity index (χ2n) is 3.38. The highest BCUT2D eigenvalue weighted by Gasteiger charge is 2.30. The second kappa shape index (κ2) is 4.99. The first-order valence-electron chi connectivity index (χ1n) is 4.72. The van der Waals surface area contributed by atoms with Gasteiger partial charge in [0.15, 0.2) is 0 Å². The van der Waals surface area contributed by atoms with E-state index in [0.29, 0.717) is 0 Å². The van der Waals surface area contributed by atoms with Gasteiger partial charge in [0.2, 0.25) is 0 Å². The van der Waals surface area contributed by atoms with E-state index in [2.05, 4.69) is 5.32 Å². The van der Waals surface area contributed by atoms with Crippen molar-refractivity contribution in [3.05, 3.63) is 35.4 Å². The van der Waals surface area contributed by atoms with Crippen LogP contribution < -0.4 is 5.32 Å². The standard InChI is InChI=1S/C11H11F3N2/c1-8(16-7-6-15)9-2-4-10(5-3-9)11(12,13)14/h2-5,8,16H,7H2,1H3/t8-/m0/s1. The number of nitriles is 1. The number of hydrogen-bond donors (Lipinski definition) is 1. The monoisotopic (exact) mass is 228 g/mol. The zero-order valence-electron chi connectivity index (χ0n) is 8.67. The van der Waals surface area contributed by atoms with Crippen LogP contribution in [-0.4, -0.2) is 6.54 Å². The van der Waals surface area contributed by atoms with Crippen molar-refractivity contribution in [3.63, 3.8) is 0 Å². The molecule has 1 rings (SSSR count). The van der Waals surface area contributed by atoms with Crippen LogP contribution in [0.1, 0.15) is 24.1 Å². The lowest BCUT2D eigenvalue weighted by Gasteiger charge is -2.13. The summed E-state index contributed by atoms with van der Waals surface area (Å²) in [5.41, 5.74) is 0.0620. The van der Waals surface area contributed by atoms with Gasteiger partial charge in [0, 0.05) is 6.04 Å². The lowest BCUT2D eigenvalue weighted by Crippen LogP contribution is -2.18. The Bertz CT molecular complexity index is 376. The first-order valence-corrected chi connectivity index (χ1v) is 4.72. The molecule has 0 fully saturated rings. The Morgan fingerprint density at radius 2 is 1.88 bits per heavy atom. The quantitative estimate of drug-likeness (QED) is 0.807.